The summed E-state index contributed by atoms with van der Waals surface area (Å²) in [5.41, 5.74) is 13.0. The van der Waals surface area contributed by atoms with Gasteiger partial charge in [-0.15, -0.1) is 0 Å². The lowest BCUT2D eigenvalue weighted by molar-refractivity contribution is 0.727. The Balaban J connectivity index is 1.41. The lowest BCUT2D eigenvalue weighted by Gasteiger charge is -2.49. The van der Waals surface area contributed by atoms with Gasteiger partial charge in [-0.2, -0.15) is 0 Å². The molecule has 0 aliphatic carbocycles. The van der Waals surface area contributed by atoms with E-state index in [9.17, 15) is 0 Å². The van der Waals surface area contributed by atoms with Crippen molar-refractivity contribution in [1.29, 1.82) is 0 Å². The first-order chi connectivity index (χ1) is 19.4. The van der Waals surface area contributed by atoms with Gasteiger partial charge in [0.05, 0.1) is 16.8 Å². The fourth-order valence-electron chi connectivity index (χ4n) is 6.67. The Bertz CT molecular complexity index is 1740. The molecule has 1 spiro atoms. The molecule has 6 aromatic rings. The van der Waals surface area contributed by atoms with Crippen molar-refractivity contribution >= 4 is 28.4 Å². The van der Waals surface area contributed by atoms with Crippen LogP contribution in [-0.4, -0.2) is 0 Å². The minimum atomic E-state index is -0.438. The summed E-state index contributed by atoms with van der Waals surface area (Å²) in [6.07, 6.45) is 0. The van der Waals surface area contributed by atoms with Crippen molar-refractivity contribution in [2.75, 3.05) is 10.2 Å². The number of hydrogen-bond donors (Lipinski definition) is 1. The van der Waals surface area contributed by atoms with E-state index in [-0.39, 0.29) is 0 Å². The van der Waals surface area contributed by atoms with Crippen molar-refractivity contribution in [2.45, 2.75) is 5.41 Å². The number of anilines is 5. The third-order valence-electron chi connectivity index (χ3n) is 8.26. The van der Waals surface area contributed by atoms with Gasteiger partial charge in [-0.05, 0) is 69.8 Å². The monoisotopic (exact) mass is 498 g/mol. The van der Waals surface area contributed by atoms with Crippen molar-refractivity contribution in [3.8, 4) is 11.1 Å². The van der Waals surface area contributed by atoms with Gasteiger partial charge >= 0.3 is 0 Å². The van der Waals surface area contributed by atoms with Crippen LogP contribution in [0.25, 0.3) is 11.1 Å². The van der Waals surface area contributed by atoms with Gasteiger partial charge in [0.25, 0.3) is 0 Å². The molecule has 0 aromatic heterocycles. The molecule has 0 saturated carbocycles. The minimum Gasteiger partial charge on any atom is -0.355 e. The second kappa shape index (κ2) is 8.47. The van der Waals surface area contributed by atoms with Crippen LogP contribution in [0.4, 0.5) is 28.4 Å². The van der Waals surface area contributed by atoms with Crippen LogP contribution < -0.4 is 10.2 Å². The van der Waals surface area contributed by atoms with E-state index in [2.05, 4.69) is 162 Å². The van der Waals surface area contributed by atoms with Crippen molar-refractivity contribution in [2.24, 2.45) is 0 Å². The lowest BCUT2D eigenvalue weighted by atomic mass is 9.60. The van der Waals surface area contributed by atoms with E-state index in [1.54, 1.807) is 0 Å². The lowest BCUT2D eigenvalue weighted by Crippen LogP contribution is -2.40. The highest BCUT2D eigenvalue weighted by atomic mass is 15.2. The molecule has 0 saturated heterocycles. The number of benzene rings is 6. The Hall–Kier alpha value is -5.08. The van der Waals surface area contributed by atoms with E-state index >= 15 is 0 Å². The summed E-state index contributed by atoms with van der Waals surface area (Å²) in [6.45, 7) is 0. The topological polar surface area (TPSA) is 15.3 Å². The van der Waals surface area contributed by atoms with Crippen LogP contribution in [-0.2, 0) is 5.41 Å². The van der Waals surface area contributed by atoms with E-state index in [0.717, 1.165) is 17.1 Å². The summed E-state index contributed by atoms with van der Waals surface area (Å²) in [6, 6.07) is 54.9. The first-order valence-electron chi connectivity index (χ1n) is 13.5. The zero-order valence-corrected chi connectivity index (χ0v) is 21.4. The largest absolute Gasteiger partial charge is 0.355 e. The summed E-state index contributed by atoms with van der Waals surface area (Å²) in [5.74, 6) is 0. The van der Waals surface area contributed by atoms with E-state index in [1.807, 2.05) is 0 Å². The van der Waals surface area contributed by atoms with Gasteiger partial charge in [-0.3, -0.25) is 0 Å². The fourth-order valence-corrected chi connectivity index (χ4v) is 6.67. The van der Waals surface area contributed by atoms with Crippen LogP contribution in [0.15, 0.2) is 152 Å². The SMILES string of the molecule is c1ccc(-c2ccc(N3c4ccccc4C4(c5ccccc5Nc5ccccc54)c4ccccc43)cc2)cc1. The molecule has 2 aliphatic heterocycles. The molecule has 0 unspecified atom stereocenters. The normalized spacial score (nSPS) is 14.0. The third-order valence-corrected chi connectivity index (χ3v) is 8.26. The number of nitrogens with zero attached hydrogens (tertiary/aromatic N) is 1. The summed E-state index contributed by atoms with van der Waals surface area (Å²) >= 11 is 0. The molecule has 2 nitrogen and oxygen atoms in total. The molecule has 1 N–H and O–H groups in total. The van der Waals surface area contributed by atoms with Gasteiger partial charge in [0, 0.05) is 17.1 Å². The van der Waals surface area contributed by atoms with Crippen LogP contribution >= 0.6 is 0 Å². The first-order valence-corrected chi connectivity index (χ1v) is 13.5. The van der Waals surface area contributed by atoms with Crippen molar-refractivity contribution < 1.29 is 0 Å². The summed E-state index contributed by atoms with van der Waals surface area (Å²) < 4.78 is 0. The predicted octanol–water partition coefficient (Wildman–Crippen LogP) is 9.58. The average molecular weight is 499 g/mol. The van der Waals surface area contributed by atoms with Gasteiger partial charge in [0.2, 0.25) is 0 Å². The molecular formula is C37H26N2. The molecule has 6 aromatic carbocycles. The van der Waals surface area contributed by atoms with E-state index in [4.69, 9.17) is 0 Å². The van der Waals surface area contributed by atoms with E-state index < -0.39 is 5.41 Å². The Morgan fingerprint density at radius 1 is 0.385 bits per heavy atom. The number of hydrogen-bond acceptors (Lipinski definition) is 2. The number of rotatable bonds is 2. The summed E-state index contributed by atoms with van der Waals surface area (Å²) in [4.78, 5) is 2.43. The Labute approximate surface area is 228 Å². The standard InChI is InChI=1S/C37H26N2/c1-2-12-26(13-3-1)27-22-24-28(25-23-27)39-35-20-10-6-16-31(35)37(32-17-7-11-21-36(32)39)29-14-4-8-18-33(29)38-34-19-9-5-15-30(34)37/h1-25,38H. The summed E-state index contributed by atoms with van der Waals surface area (Å²) in [7, 11) is 0. The van der Waals surface area contributed by atoms with E-state index in [1.165, 1.54) is 44.8 Å². The molecule has 2 heterocycles. The van der Waals surface area contributed by atoms with Gasteiger partial charge in [0.15, 0.2) is 0 Å². The molecule has 184 valence electrons. The van der Waals surface area contributed by atoms with Crippen LogP contribution in [0, 0.1) is 0 Å². The molecule has 2 aliphatic rings. The van der Waals surface area contributed by atoms with Gasteiger partial charge in [-0.1, -0.05) is 115 Å². The minimum absolute atomic E-state index is 0.438. The van der Waals surface area contributed by atoms with Crippen LogP contribution in [0.5, 0.6) is 0 Å². The van der Waals surface area contributed by atoms with Crippen LogP contribution in [0.3, 0.4) is 0 Å². The van der Waals surface area contributed by atoms with Crippen LogP contribution in [0.1, 0.15) is 22.3 Å². The quantitative estimate of drug-likeness (QED) is 0.255. The highest BCUT2D eigenvalue weighted by Gasteiger charge is 2.49. The maximum atomic E-state index is 3.72. The molecular weight excluding hydrogens is 472 g/mol. The summed E-state index contributed by atoms with van der Waals surface area (Å²) in [5, 5.41) is 3.72. The molecule has 0 bridgehead atoms. The van der Waals surface area contributed by atoms with Crippen molar-refractivity contribution in [3.05, 3.63) is 174 Å². The second-order valence-corrected chi connectivity index (χ2v) is 10.2. The molecule has 0 amide bonds. The Morgan fingerprint density at radius 2 is 0.821 bits per heavy atom. The third kappa shape index (κ3) is 3.09. The molecule has 0 radical (unpaired) electrons. The molecule has 8 rings (SSSR count). The number of fused-ring (bicyclic) bond motifs is 8. The maximum absolute atomic E-state index is 3.72. The second-order valence-electron chi connectivity index (χ2n) is 10.2. The van der Waals surface area contributed by atoms with Crippen LogP contribution in [0.2, 0.25) is 0 Å². The van der Waals surface area contributed by atoms with Crippen molar-refractivity contribution in [3.63, 3.8) is 0 Å². The maximum Gasteiger partial charge on any atom is 0.0782 e. The zero-order chi connectivity index (χ0) is 25.8. The van der Waals surface area contributed by atoms with Crippen molar-refractivity contribution in [1.82, 2.24) is 0 Å². The highest BCUT2D eigenvalue weighted by Crippen LogP contribution is 2.61. The molecule has 2 heteroatoms. The first kappa shape index (κ1) is 22.0. The van der Waals surface area contributed by atoms with Gasteiger partial charge < -0.3 is 10.2 Å². The number of nitrogens with one attached hydrogen (secondary N) is 1. The Morgan fingerprint density at radius 3 is 1.38 bits per heavy atom. The highest BCUT2D eigenvalue weighted by molar-refractivity contribution is 5.93. The smallest absolute Gasteiger partial charge is 0.0782 e. The predicted molar refractivity (Wildman–Crippen MR) is 162 cm³/mol. The molecule has 39 heavy (non-hydrogen) atoms. The zero-order valence-electron chi connectivity index (χ0n) is 21.4. The Kier molecular flexibility index (Phi) is 4.77. The average Bonchev–Trinajstić information content (AvgIpc) is 3.02. The van der Waals surface area contributed by atoms with E-state index in [0.29, 0.717) is 0 Å². The fraction of sp³-hybridized carbons (Fsp3) is 0.0270. The molecule has 0 fully saturated rings. The van der Waals surface area contributed by atoms with Gasteiger partial charge in [-0.25, -0.2) is 0 Å². The molecule has 0 atom stereocenters. The number of para-hydroxylation sites is 4. The van der Waals surface area contributed by atoms with Gasteiger partial charge in [0.1, 0.15) is 0 Å².